The molecule has 0 bridgehead atoms. The van der Waals surface area contributed by atoms with Crippen LogP contribution in [0.1, 0.15) is 6.92 Å². The minimum Gasteiger partial charge on any atom is -0.332 e. The van der Waals surface area contributed by atoms with Gasteiger partial charge in [0.1, 0.15) is 0 Å². The number of hydrogen-bond acceptors (Lipinski definition) is 3. The number of thioether (sulfide) groups is 1. The molecule has 0 atom stereocenters. The minimum absolute atomic E-state index is 0.103. The van der Waals surface area contributed by atoms with Crippen LogP contribution in [0.25, 0.3) is 0 Å². The Bertz CT molecular complexity index is 720. The van der Waals surface area contributed by atoms with E-state index in [-0.39, 0.29) is 5.91 Å². The number of amides is 1. The van der Waals surface area contributed by atoms with Crippen LogP contribution in [0.4, 0.5) is 17.1 Å². The molecule has 0 aliphatic heterocycles. The molecule has 0 heterocycles. The molecule has 0 unspecified atom stereocenters. The van der Waals surface area contributed by atoms with Gasteiger partial charge in [-0.05, 0) is 60.9 Å². The van der Waals surface area contributed by atoms with E-state index in [0.717, 1.165) is 22.0 Å². The Kier molecular flexibility index (Phi) is 6.27. The average molecular weight is 366 g/mol. The number of benzene rings is 2. The van der Waals surface area contributed by atoms with E-state index < -0.39 is 0 Å². The summed E-state index contributed by atoms with van der Waals surface area (Å²) in [5.74, 6) is -0.103. The van der Waals surface area contributed by atoms with E-state index in [2.05, 4.69) is 16.0 Å². The van der Waals surface area contributed by atoms with E-state index in [1.54, 1.807) is 23.9 Å². The van der Waals surface area contributed by atoms with Crippen LogP contribution in [0.5, 0.6) is 0 Å². The molecule has 0 fully saturated rings. The van der Waals surface area contributed by atoms with Crippen LogP contribution in [0.15, 0.2) is 47.4 Å². The van der Waals surface area contributed by atoms with E-state index in [1.165, 1.54) is 6.92 Å². The van der Waals surface area contributed by atoms with Crippen molar-refractivity contribution in [2.45, 2.75) is 11.8 Å². The van der Waals surface area contributed by atoms with Crippen molar-refractivity contribution in [3.63, 3.8) is 0 Å². The number of anilines is 3. The van der Waals surface area contributed by atoms with Gasteiger partial charge in [0.05, 0.1) is 5.02 Å². The summed E-state index contributed by atoms with van der Waals surface area (Å²) in [5, 5.41) is 10.0. The van der Waals surface area contributed by atoms with Gasteiger partial charge in [0.15, 0.2) is 5.11 Å². The second-order valence-corrected chi connectivity index (χ2v) is 6.35. The number of nitrogens with one attached hydrogen (secondary N) is 3. The van der Waals surface area contributed by atoms with Crippen LogP contribution in [-0.2, 0) is 4.79 Å². The highest BCUT2D eigenvalue weighted by Gasteiger charge is 2.03. The Morgan fingerprint density at radius 2 is 1.52 bits per heavy atom. The van der Waals surface area contributed by atoms with E-state index in [9.17, 15) is 4.79 Å². The Hall–Kier alpha value is -1.76. The maximum absolute atomic E-state index is 11.0. The number of carbonyl (C=O) groups is 1. The Morgan fingerprint density at radius 1 is 1.00 bits per heavy atom. The molecular weight excluding hydrogens is 350 g/mol. The molecule has 2 aromatic rings. The van der Waals surface area contributed by atoms with Crippen LogP contribution >= 0.6 is 35.6 Å². The zero-order chi connectivity index (χ0) is 16.8. The highest BCUT2D eigenvalue weighted by Crippen LogP contribution is 2.28. The highest BCUT2D eigenvalue weighted by atomic mass is 35.5. The second-order valence-electron chi connectivity index (χ2n) is 4.69. The minimum atomic E-state index is -0.103. The topological polar surface area (TPSA) is 53.2 Å². The van der Waals surface area contributed by atoms with Gasteiger partial charge in [-0.2, -0.15) is 0 Å². The lowest BCUT2D eigenvalue weighted by atomic mass is 10.3. The fraction of sp³-hybridized carbons (Fsp3) is 0.125. The van der Waals surface area contributed by atoms with Crippen molar-refractivity contribution in [2.24, 2.45) is 0 Å². The molecule has 23 heavy (non-hydrogen) atoms. The Balaban J connectivity index is 1.96. The summed E-state index contributed by atoms with van der Waals surface area (Å²) < 4.78 is 0. The van der Waals surface area contributed by atoms with Gasteiger partial charge in [0.2, 0.25) is 5.91 Å². The molecule has 0 radical (unpaired) electrons. The molecule has 0 saturated heterocycles. The molecule has 3 N–H and O–H groups in total. The number of thiocarbonyl (C=S) groups is 1. The quantitative estimate of drug-likeness (QED) is 0.535. The molecule has 2 aromatic carbocycles. The maximum Gasteiger partial charge on any atom is 0.221 e. The fourth-order valence-electron chi connectivity index (χ4n) is 1.88. The first-order valence-corrected chi connectivity index (χ1v) is 8.78. The summed E-state index contributed by atoms with van der Waals surface area (Å²) in [4.78, 5) is 12.0. The van der Waals surface area contributed by atoms with Crippen molar-refractivity contribution in [1.82, 2.24) is 0 Å². The van der Waals surface area contributed by atoms with E-state index in [4.69, 9.17) is 23.8 Å². The summed E-state index contributed by atoms with van der Waals surface area (Å²) in [6.07, 6.45) is 1.98. The van der Waals surface area contributed by atoms with E-state index in [0.29, 0.717) is 10.1 Å². The van der Waals surface area contributed by atoms with Crippen molar-refractivity contribution in [3.8, 4) is 0 Å². The predicted octanol–water partition coefficient (Wildman–Crippen LogP) is 4.83. The van der Waals surface area contributed by atoms with Crippen LogP contribution < -0.4 is 16.0 Å². The van der Waals surface area contributed by atoms with Crippen molar-refractivity contribution in [1.29, 1.82) is 0 Å². The van der Waals surface area contributed by atoms with Gasteiger partial charge >= 0.3 is 0 Å². The van der Waals surface area contributed by atoms with Crippen molar-refractivity contribution in [2.75, 3.05) is 22.2 Å². The van der Waals surface area contributed by atoms with Crippen molar-refractivity contribution in [3.05, 3.63) is 47.5 Å². The molecule has 0 spiro atoms. The average Bonchev–Trinajstić information content (AvgIpc) is 2.49. The van der Waals surface area contributed by atoms with Gasteiger partial charge in [-0.3, -0.25) is 4.79 Å². The zero-order valence-corrected chi connectivity index (χ0v) is 15.0. The number of rotatable bonds is 4. The first-order chi connectivity index (χ1) is 11.0. The predicted molar refractivity (Wildman–Crippen MR) is 104 cm³/mol. The van der Waals surface area contributed by atoms with Crippen LogP contribution in [0.2, 0.25) is 5.02 Å². The van der Waals surface area contributed by atoms with Gasteiger partial charge in [-0.1, -0.05) is 11.6 Å². The number of carbonyl (C=O) groups excluding carboxylic acids is 1. The highest BCUT2D eigenvalue weighted by molar-refractivity contribution is 7.98. The lowest BCUT2D eigenvalue weighted by Gasteiger charge is -2.12. The summed E-state index contributed by atoms with van der Waals surface area (Å²) in [6, 6.07) is 13.0. The lowest BCUT2D eigenvalue weighted by molar-refractivity contribution is -0.114. The maximum atomic E-state index is 11.0. The molecule has 0 aromatic heterocycles. The first-order valence-electron chi connectivity index (χ1n) is 6.77. The molecular formula is C16H16ClN3OS2. The summed E-state index contributed by atoms with van der Waals surface area (Å²) in [5.41, 5.74) is 2.38. The third-order valence-corrected chi connectivity index (χ3v) is 4.30. The number of hydrogen-bond donors (Lipinski definition) is 3. The SMILES string of the molecule is CSc1ccc(NC(=S)Nc2ccc(NC(C)=O)cc2)cc1Cl. The molecule has 0 aliphatic rings. The Labute approximate surface area is 150 Å². The Morgan fingerprint density at radius 3 is 2.04 bits per heavy atom. The molecule has 2 rings (SSSR count). The van der Waals surface area contributed by atoms with Gasteiger partial charge in [-0.15, -0.1) is 11.8 Å². The van der Waals surface area contributed by atoms with E-state index in [1.807, 2.05) is 36.6 Å². The van der Waals surface area contributed by atoms with Gasteiger partial charge in [-0.25, -0.2) is 0 Å². The molecule has 0 aliphatic carbocycles. The van der Waals surface area contributed by atoms with Crippen LogP contribution in [0.3, 0.4) is 0 Å². The number of halogens is 1. The molecule has 7 heteroatoms. The monoisotopic (exact) mass is 365 g/mol. The first kappa shape index (κ1) is 17.6. The summed E-state index contributed by atoms with van der Waals surface area (Å²) in [7, 11) is 0. The largest absolute Gasteiger partial charge is 0.332 e. The molecule has 4 nitrogen and oxygen atoms in total. The van der Waals surface area contributed by atoms with Crippen LogP contribution in [0, 0.1) is 0 Å². The lowest BCUT2D eigenvalue weighted by Crippen LogP contribution is -2.19. The molecule has 0 saturated carbocycles. The van der Waals surface area contributed by atoms with Crippen LogP contribution in [-0.4, -0.2) is 17.3 Å². The summed E-state index contributed by atoms with van der Waals surface area (Å²) in [6.45, 7) is 1.47. The van der Waals surface area contributed by atoms with Gasteiger partial charge < -0.3 is 16.0 Å². The third kappa shape index (κ3) is 5.42. The third-order valence-electron chi connectivity index (χ3n) is 2.87. The molecule has 120 valence electrons. The van der Waals surface area contributed by atoms with Crippen molar-refractivity contribution < 1.29 is 4.79 Å². The van der Waals surface area contributed by atoms with E-state index >= 15 is 0 Å². The smallest absolute Gasteiger partial charge is 0.221 e. The second kappa shape index (κ2) is 8.19. The fourth-order valence-corrected chi connectivity index (χ4v) is 2.98. The summed E-state index contributed by atoms with van der Waals surface area (Å²) >= 11 is 13.1. The van der Waals surface area contributed by atoms with Gasteiger partial charge in [0, 0.05) is 28.9 Å². The molecule has 1 amide bonds. The van der Waals surface area contributed by atoms with Crippen molar-refractivity contribution >= 4 is 63.7 Å². The van der Waals surface area contributed by atoms with Gasteiger partial charge in [0.25, 0.3) is 0 Å². The zero-order valence-electron chi connectivity index (χ0n) is 12.6. The normalized spacial score (nSPS) is 10.0. The standard InChI is InChI=1S/C16H16ClN3OS2/c1-10(21)18-11-3-5-12(6-4-11)19-16(22)20-13-7-8-15(23-2)14(17)9-13/h3-9H,1-2H3,(H,18,21)(H2,19,20,22).